The molecular formula is C42H23N3Se. The Hall–Kier alpha value is -5.54. The number of hydrogen-bond donors (Lipinski definition) is 0. The van der Waals surface area contributed by atoms with Crippen LogP contribution in [0.2, 0.25) is 0 Å². The maximum atomic E-state index is 5.47. The molecule has 0 aliphatic heterocycles. The third-order valence-electron chi connectivity index (χ3n) is 9.73. The van der Waals surface area contributed by atoms with Gasteiger partial charge in [-0.2, -0.15) is 0 Å². The van der Waals surface area contributed by atoms with Crippen molar-refractivity contribution in [1.82, 2.24) is 14.5 Å². The molecule has 46 heavy (non-hydrogen) atoms. The Kier molecular flexibility index (Phi) is 4.85. The summed E-state index contributed by atoms with van der Waals surface area (Å²) in [5.74, 6) is 0.877. The number of rotatable bonds is 2. The van der Waals surface area contributed by atoms with Gasteiger partial charge in [0.2, 0.25) is 0 Å². The van der Waals surface area contributed by atoms with Gasteiger partial charge >= 0.3 is 271 Å². The van der Waals surface area contributed by atoms with Gasteiger partial charge in [0.1, 0.15) is 0 Å². The molecule has 1 aliphatic carbocycles. The van der Waals surface area contributed by atoms with Crippen molar-refractivity contribution in [3.8, 4) is 39.3 Å². The summed E-state index contributed by atoms with van der Waals surface area (Å²) in [5, 5.41) is 7.77. The fourth-order valence-corrected chi connectivity index (χ4v) is 10.4. The second-order valence-electron chi connectivity index (χ2n) is 12.1. The second kappa shape index (κ2) is 9.02. The van der Waals surface area contributed by atoms with Gasteiger partial charge in [0.15, 0.2) is 0 Å². The van der Waals surface area contributed by atoms with Crippen LogP contribution in [0.4, 0.5) is 0 Å². The molecule has 1 aliphatic rings. The maximum absolute atomic E-state index is 5.47. The monoisotopic (exact) mass is 649 g/mol. The van der Waals surface area contributed by atoms with E-state index in [1.807, 2.05) is 0 Å². The Labute approximate surface area is 269 Å². The molecule has 11 rings (SSSR count). The average Bonchev–Trinajstić information content (AvgIpc) is 3.63. The summed E-state index contributed by atoms with van der Waals surface area (Å²) in [6, 6.07) is 50.7. The zero-order valence-corrected chi connectivity index (χ0v) is 26.2. The van der Waals surface area contributed by atoms with Crippen LogP contribution in [0.3, 0.4) is 0 Å². The van der Waals surface area contributed by atoms with Gasteiger partial charge < -0.3 is 0 Å². The summed E-state index contributed by atoms with van der Waals surface area (Å²) >= 11 is 0.177. The minimum absolute atomic E-state index is 0.177. The Morgan fingerprint density at radius 1 is 0.435 bits per heavy atom. The number of hydrogen-bond acceptors (Lipinski definition) is 2. The molecule has 10 aromatic rings. The molecule has 0 saturated carbocycles. The fourth-order valence-electron chi connectivity index (χ4n) is 7.82. The summed E-state index contributed by atoms with van der Waals surface area (Å²) in [7, 11) is 0. The number of benzene rings is 7. The molecule has 7 aromatic carbocycles. The summed E-state index contributed by atoms with van der Waals surface area (Å²) in [6.45, 7) is 0. The van der Waals surface area contributed by atoms with Crippen LogP contribution in [-0.4, -0.2) is 29.0 Å². The zero-order chi connectivity index (χ0) is 29.9. The molecule has 3 heterocycles. The molecule has 0 atom stereocenters. The van der Waals surface area contributed by atoms with E-state index in [2.05, 4.69) is 144 Å². The first-order valence-electron chi connectivity index (χ1n) is 15.6. The van der Waals surface area contributed by atoms with Crippen LogP contribution < -0.4 is 0 Å². The summed E-state index contributed by atoms with van der Waals surface area (Å²) in [6.07, 6.45) is 0. The molecule has 212 valence electrons. The van der Waals surface area contributed by atoms with Crippen molar-refractivity contribution in [2.24, 2.45) is 0 Å². The molecular weight excluding hydrogens is 625 g/mol. The van der Waals surface area contributed by atoms with Crippen molar-refractivity contribution in [3.05, 3.63) is 140 Å². The van der Waals surface area contributed by atoms with Crippen molar-refractivity contribution < 1.29 is 0 Å². The van der Waals surface area contributed by atoms with Gasteiger partial charge in [0.25, 0.3) is 0 Å². The summed E-state index contributed by atoms with van der Waals surface area (Å²) in [5.41, 5.74) is 11.3. The SMILES string of the molecule is c1ccc2c(c1)-c1cccc3ccc4c(c13)c1c-2cccc1n4-c1nc2ccccc2nc1-c1cccc2c1[se]c1ccccc12. The normalized spacial score (nSPS) is 12.3. The Morgan fingerprint density at radius 2 is 1.07 bits per heavy atom. The first kappa shape index (κ1) is 24.7. The van der Waals surface area contributed by atoms with Crippen LogP contribution in [0.15, 0.2) is 140 Å². The first-order valence-corrected chi connectivity index (χ1v) is 17.3. The van der Waals surface area contributed by atoms with Gasteiger partial charge in [0, 0.05) is 0 Å². The quantitative estimate of drug-likeness (QED) is 0.175. The Morgan fingerprint density at radius 3 is 1.93 bits per heavy atom. The predicted molar refractivity (Wildman–Crippen MR) is 193 cm³/mol. The number of aromatic nitrogens is 3. The number of para-hydroxylation sites is 2. The van der Waals surface area contributed by atoms with Crippen molar-refractivity contribution in [2.75, 3.05) is 0 Å². The molecule has 0 N–H and O–H groups in total. The predicted octanol–water partition coefficient (Wildman–Crippen LogP) is 10.6. The van der Waals surface area contributed by atoms with Crippen LogP contribution in [-0.2, 0) is 0 Å². The summed E-state index contributed by atoms with van der Waals surface area (Å²) in [4.78, 5) is 10.9. The van der Waals surface area contributed by atoms with E-state index in [9.17, 15) is 0 Å². The molecule has 0 fully saturated rings. The van der Waals surface area contributed by atoms with Crippen molar-refractivity contribution >= 4 is 77.4 Å². The third kappa shape index (κ3) is 3.17. The van der Waals surface area contributed by atoms with Crippen molar-refractivity contribution in [1.29, 1.82) is 0 Å². The fraction of sp³-hybridized carbons (Fsp3) is 0. The molecule has 0 bridgehead atoms. The van der Waals surface area contributed by atoms with E-state index in [4.69, 9.17) is 9.97 Å². The zero-order valence-electron chi connectivity index (χ0n) is 24.5. The molecule has 0 unspecified atom stereocenters. The van der Waals surface area contributed by atoms with Crippen molar-refractivity contribution in [2.45, 2.75) is 0 Å². The molecule has 0 amide bonds. The molecule has 3 nitrogen and oxygen atoms in total. The minimum atomic E-state index is 0.177. The molecule has 0 saturated heterocycles. The van der Waals surface area contributed by atoms with Crippen LogP contribution in [0.25, 0.3) is 102 Å². The van der Waals surface area contributed by atoms with E-state index in [0.717, 1.165) is 33.6 Å². The standard InChI is InChI=1S/C42H23N3Se/c1-2-12-26-25(11-1)28-14-7-10-24-22-23-35-39(37(24)28)38-29(26)15-9-20-34(38)45(35)42-40(43-32-18-4-5-19-33(32)44-42)31-17-8-16-30-27-13-3-6-21-36(27)46-41(30)31/h1-23H. The Bertz CT molecular complexity index is 2930. The second-order valence-corrected chi connectivity index (χ2v) is 14.3. The molecule has 3 aromatic heterocycles. The molecule has 0 radical (unpaired) electrons. The van der Waals surface area contributed by atoms with Crippen LogP contribution in [0.1, 0.15) is 0 Å². The van der Waals surface area contributed by atoms with E-state index >= 15 is 0 Å². The average molecular weight is 649 g/mol. The first-order chi connectivity index (χ1) is 22.8. The van der Waals surface area contributed by atoms with E-state index in [1.165, 1.54) is 68.7 Å². The number of fused-ring (bicyclic) bond motifs is 7. The van der Waals surface area contributed by atoms with Gasteiger partial charge in [-0.3, -0.25) is 0 Å². The molecule has 0 spiro atoms. The van der Waals surface area contributed by atoms with E-state index in [-0.39, 0.29) is 14.5 Å². The van der Waals surface area contributed by atoms with E-state index < -0.39 is 0 Å². The molecule has 4 heteroatoms. The van der Waals surface area contributed by atoms with E-state index in [1.54, 1.807) is 0 Å². The van der Waals surface area contributed by atoms with E-state index in [0.29, 0.717) is 0 Å². The Balaban J connectivity index is 1.35. The number of nitrogens with zero attached hydrogens (tertiary/aromatic N) is 3. The topological polar surface area (TPSA) is 30.7 Å². The van der Waals surface area contributed by atoms with Crippen LogP contribution in [0.5, 0.6) is 0 Å². The van der Waals surface area contributed by atoms with Gasteiger partial charge in [0.05, 0.1) is 0 Å². The summed E-state index contributed by atoms with van der Waals surface area (Å²) < 4.78 is 5.20. The van der Waals surface area contributed by atoms with Gasteiger partial charge in [-0.1, -0.05) is 0 Å². The van der Waals surface area contributed by atoms with Gasteiger partial charge in [-0.25, -0.2) is 0 Å². The van der Waals surface area contributed by atoms with Gasteiger partial charge in [-0.05, 0) is 0 Å². The van der Waals surface area contributed by atoms with Crippen LogP contribution >= 0.6 is 0 Å². The van der Waals surface area contributed by atoms with Crippen molar-refractivity contribution in [3.63, 3.8) is 0 Å². The van der Waals surface area contributed by atoms with Gasteiger partial charge in [-0.15, -0.1) is 0 Å². The third-order valence-corrected chi connectivity index (χ3v) is 12.3. The van der Waals surface area contributed by atoms with Crippen LogP contribution in [0, 0.1) is 0 Å².